The fraction of sp³-hybridized carbons (Fsp3) is 0.136. The van der Waals surface area contributed by atoms with Crippen molar-refractivity contribution in [3.8, 4) is 12.3 Å². The third kappa shape index (κ3) is 3.82. The molecule has 1 aromatic heterocycles. The van der Waals surface area contributed by atoms with Crippen LogP contribution in [0.2, 0.25) is 10.0 Å². The van der Waals surface area contributed by atoms with Crippen LogP contribution in [-0.2, 0) is 4.79 Å². The molecule has 5 nitrogen and oxygen atoms in total. The summed E-state index contributed by atoms with van der Waals surface area (Å²) >= 11 is 11.8. The van der Waals surface area contributed by atoms with Crippen molar-refractivity contribution in [2.75, 3.05) is 18.4 Å². The molecule has 1 amide bonds. The molecule has 1 aliphatic rings. The summed E-state index contributed by atoms with van der Waals surface area (Å²) in [6.07, 6.45) is 9.44. The molecule has 0 radical (unpaired) electrons. The van der Waals surface area contributed by atoms with Crippen LogP contribution in [0.3, 0.4) is 0 Å². The fourth-order valence-corrected chi connectivity index (χ4v) is 3.63. The zero-order chi connectivity index (χ0) is 21.3. The average molecular weight is 441 g/mol. The number of fused-ring (bicyclic) bond motifs is 1. The summed E-state index contributed by atoms with van der Waals surface area (Å²) in [5.74, 6) is 1.59. The highest BCUT2D eigenvalue weighted by Gasteiger charge is 2.19. The van der Waals surface area contributed by atoms with E-state index in [4.69, 9.17) is 29.6 Å². The Balaban J connectivity index is 1.72. The molecule has 2 aromatic carbocycles. The number of anilines is 2. The van der Waals surface area contributed by atoms with Crippen LogP contribution in [0, 0.1) is 18.2 Å². The fourth-order valence-electron chi connectivity index (χ4n) is 3.32. The van der Waals surface area contributed by atoms with Gasteiger partial charge in [-0.2, -0.15) is 0 Å². The Kier molecular flexibility index (Phi) is 5.58. The van der Waals surface area contributed by atoms with E-state index in [0.717, 1.165) is 11.1 Å². The predicted molar refractivity (Wildman–Crippen MR) is 117 cm³/mol. The van der Waals surface area contributed by atoms with Crippen molar-refractivity contribution in [3.63, 3.8) is 0 Å². The van der Waals surface area contributed by atoms with Gasteiger partial charge in [0.15, 0.2) is 5.82 Å². The van der Waals surface area contributed by atoms with Crippen LogP contribution in [0.5, 0.6) is 0 Å². The molecule has 4 rings (SSSR count). The minimum atomic E-state index is -0.662. The molecule has 2 heterocycles. The maximum Gasteiger partial charge on any atom is 0.298 e. The van der Waals surface area contributed by atoms with Gasteiger partial charge in [0.05, 0.1) is 21.2 Å². The van der Waals surface area contributed by atoms with Gasteiger partial charge in [0, 0.05) is 18.5 Å². The van der Waals surface area contributed by atoms with E-state index < -0.39 is 5.82 Å². The molecule has 0 saturated heterocycles. The van der Waals surface area contributed by atoms with Crippen LogP contribution >= 0.6 is 23.2 Å². The Morgan fingerprint density at radius 2 is 2.07 bits per heavy atom. The number of hydrogen-bond acceptors (Lipinski definition) is 4. The van der Waals surface area contributed by atoms with Crippen molar-refractivity contribution >= 4 is 57.1 Å². The van der Waals surface area contributed by atoms with Crippen LogP contribution in [0.25, 0.3) is 16.5 Å². The van der Waals surface area contributed by atoms with E-state index in [1.807, 2.05) is 18.2 Å². The summed E-state index contributed by atoms with van der Waals surface area (Å²) in [4.78, 5) is 22.0. The molecule has 150 valence electrons. The van der Waals surface area contributed by atoms with E-state index >= 15 is 0 Å². The molecule has 0 bridgehead atoms. The number of carbonyl (C=O) groups excluding carboxylic acids is 1. The van der Waals surface area contributed by atoms with Crippen LogP contribution in [0.1, 0.15) is 12.0 Å². The molecule has 8 heteroatoms. The Labute approximate surface area is 182 Å². The van der Waals surface area contributed by atoms with Gasteiger partial charge in [-0.1, -0.05) is 35.3 Å². The van der Waals surface area contributed by atoms with E-state index in [0.29, 0.717) is 36.2 Å². The number of hydrogen-bond donors (Lipinski definition) is 1. The van der Waals surface area contributed by atoms with Gasteiger partial charge in [-0.25, -0.2) is 14.4 Å². The van der Waals surface area contributed by atoms with Gasteiger partial charge in [-0.15, -0.1) is 6.42 Å². The van der Waals surface area contributed by atoms with Crippen LogP contribution in [0.15, 0.2) is 42.7 Å². The smallest absolute Gasteiger partial charge is 0.298 e. The first-order chi connectivity index (χ1) is 14.5. The summed E-state index contributed by atoms with van der Waals surface area (Å²) in [7, 11) is 0. The van der Waals surface area contributed by atoms with Crippen molar-refractivity contribution in [2.45, 2.75) is 6.42 Å². The third-order valence-electron chi connectivity index (χ3n) is 4.86. The summed E-state index contributed by atoms with van der Waals surface area (Å²) in [6.45, 7) is 1.01. The number of nitrogens with one attached hydrogen (secondary N) is 1. The summed E-state index contributed by atoms with van der Waals surface area (Å²) in [6, 6.07) is 8.69. The van der Waals surface area contributed by atoms with Crippen molar-refractivity contribution < 1.29 is 9.18 Å². The number of terminal acetylenes is 1. The van der Waals surface area contributed by atoms with Crippen molar-refractivity contribution in [2.24, 2.45) is 0 Å². The van der Waals surface area contributed by atoms with Crippen LogP contribution in [-0.4, -0.2) is 33.9 Å². The molecule has 0 unspecified atom stereocenters. The molecule has 0 atom stereocenters. The second-order valence-electron chi connectivity index (χ2n) is 6.69. The third-order valence-corrected chi connectivity index (χ3v) is 5.64. The number of nitrogens with zero attached hydrogens (tertiary/aromatic N) is 3. The molecule has 0 spiro atoms. The highest BCUT2D eigenvalue weighted by molar-refractivity contribution is 6.42. The molecule has 0 aliphatic carbocycles. The molecule has 1 aliphatic heterocycles. The number of benzene rings is 2. The number of halogens is 3. The van der Waals surface area contributed by atoms with E-state index in [1.165, 1.54) is 18.5 Å². The summed E-state index contributed by atoms with van der Waals surface area (Å²) in [5, 5.41) is 3.63. The topological polar surface area (TPSA) is 58.1 Å². The number of rotatable bonds is 3. The molecule has 0 saturated carbocycles. The zero-order valence-corrected chi connectivity index (χ0v) is 17.1. The molecule has 1 N–H and O–H groups in total. The standard InChI is InChI=1S/C22H15Cl2FN4O/c1-2-19(30)29-9-3-4-14(11-29)13-5-7-17-15(10-13)22(27-12-26-17)28-18-8-6-16(23)20(24)21(18)25/h1,4-8,10,12H,3,9,11H2,(H,26,27,28). The lowest BCUT2D eigenvalue weighted by Gasteiger charge is -2.26. The van der Waals surface area contributed by atoms with Gasteiger partial charge < -0.3 is 10.2 Å². The van der Waals surface area contributed by atoms with Gasteiger partial charge in [0.2, 0.25) is 0 Å². The second-order valence-corrected chi connectivity index (χ2v) is 7.48. The minimum absolute atomic E-state index is 0.129. The maximum atomic E-state index is 14.5. The Bertz CT molecular complexity index is 1240. The summed E-state index contributed by atoms with van der Waals surface area (Å²) < 4.78 is 14.5. The van der Waals surface area contributed by atoms with Crippen LogP contribution < -0.4 is 5.32 Å². The highest BCUT2D eigenvalue weighted by Crippen LogP contribution is 2.33. The van der Waals surface area contributed by atoms with Crippen molar-refractivity contribution in [1.29, 1.82) is 0 Å². The first kappa shape index (κ1) is 20.1. The maximum absolute atomic E-state index is 14.5. The lowest BCUT2D eigenvalue weighted by molar-refractivity contribution is -0.124. The minimum Gasteiger partial charge on any atom is -0.337 e. The Morgan fingerprint density at radius 1 is 1.23 bits per heavy atom. The van der Waals surface area contributed by atoms with E-state index in [-0.39, 0.29) is 21.6 Å². The normalized spacial score (nSPS) is 13.7. The molecule has 30 heavy (non-hydrogen) atoms. The monoisotopic (exact) mass is 440 g/mol. The first-order valence-corrected chi connectivity index (χ1v) is 9.83. The largest absolute Gasteiger partial charge is 0.337 e. The van der Waals surface area contributed by atoms with E-state index in [1.54, 1.807) is 4.90 Å². The van der Waals surface area contributed by atoms with Crippen molar-refractivity contribution in [3.05, 3.63) is 64.2 Å². The SMILES string of the molecule is C#CC(=O)N1CCC=C(c2ccc3ncnc(Nc4ccc(Cl)c(Cl)c4F)c3c2)C1. The van der Waals surface area contributed by atoms with Gasteiger partial charge in [-0.05, 0) is 47.7 Å². The van der Waals surface area contributed by atoms with Gasteiger partial charge in [0.1, 0.15) is 12.1 Å². The lowest BCUT2D eigenvalue weighted by atomic mass is 9.99. The first-order valence-electron chi connectivity index (χ1n) is 9.08. The lowest BCUT2D eigenvalue weighted by Crippen LogP contribution is -2.34. The molecule has 0 fully saturated rings. The predicted octanol–water partition coefficient (Wildman–Crippen LogP) is 5.07. The Morgan fingerprint density at radius 3 is 2.87 bits per heavy atom. The number of amides is 1. The van der Waals surface area contributed by atoms with E-state index in [9.17, 15) is 9.18 Å². The van der Waals surface area contributed by atoms with Crippen molar-refractivity contribution in [1.82, 2.24) is 14.9 Å². The Hall–Kier alpha value is -3.14. The zero-order valence-electron chi connectivity index (χ0n) is 15.6. The number of aromatic nitrogens is 2. The second kappa shape index (κ2) is 8.31. The summed E-state index contributed by atoms with van der Waals surface area (Å²) in [5.41, 5.74) is 2.72. The van der Waals surface area contributed by atoms with Crippen LogP contribution in [0.4, 0.5) is 15.9 Å². The highest BCUT2D eigenvalue weighted by atomic mass is 35.5. The number of carbonyl (C=O) groups is 1. The van der Waals surface area contributed by atoms with Gasteiger partial charge in [-0.3, -0.25) is 4.79 Å². The average Bonchev–Trinajstić information content (AvgIpc) is 2.79. The van der Waals surface area contributed by atoms with E-state index in [2.05, 4.69) is 27.3 Å². The molecule has 3 aromatic rings. The molecular formula is C22H15Cl2FN4O. The quantitative estimate of drug-likeness (QED) is 0.456. The molecular weight excluding hydrogens is 426 g/mol. The van der Waals surface area contributed by atoms with Gasteiger partial charge >= 0.3 is 0 Å². The van der Waals surface area contributed by atoms with Gasteiger partial charge in [0.25, 0.3) is 5.91 Å².